The average molecular weight is 326 g/mol. The number of imidazole rings is 1. The molecule has 1 saturated heterocycles. The predicted molar refractivity (Wildman–Crippen MR) is 91.9 cm³/mol. The largest absolute Gasteiger partial charge is 0.341 e. The number of carbonyl (C=O) groups is 1. The quantitative estimate of drug-likeness (QED) is 0.732. The van der Waals surface area contributed by atoms with Crippen LogP contribution in [0.1, 0.15) is 37.3 Å². The van der Waals surface area contributed by atoms with Crippen LogP contribution in [0.4, 0.5) is 5.82 Å². The predicted octanol–water partition coefficient (Wildman–Crippen LogP) is 3.47. The van der Waals surface area contributed by atoms with Gasteiger partial charge in [-0.3, -0.25) is 4.79 Å². The van der Waals surface area contributed by atoms with Gasteiger partial charge in [-0.2, -0.15) is 0 Å². The van der Waals surface area contributed by atoms with Crippen LogP contribution in [0.25, 0.3) is 0 Å². The van der Waals surface area contributed by atoms with Gasteiger partial charge in [0.25, 0.3) is 0 Å². The normalized spacial score (nSPS) is 15.4. The number of aryl methyl sites for hydroxylation is 1. The third-order valence-corrected chi connectivity index (χ3v) is 4.53. The molecule has 1 amide bonds. The van der Waals surface area contributed by atoms with E-state index >= 15 is 0 Å². The minimum Gasteiger partial charge on any atom is -0.341 e. The Morgan fingerprint density at radius 3 is 2.62 bits per heavy atom. The molecule has 0 saturated carbocycles. The van der Waals surface area contributed by atoms with Crippen molar-refractivity contribution in [2.75, 3.05) is 13.1 Å². The fourth-order valence-corrected chi connectivity index (χ4v) is 3.24. The average Bonchev–Trinajstić information content (AvgIpc) is 3.30. The van der Waals surface area contributed by atoms with Crippen molar-refractivity contribution in [1.82, 2.24) is 14.5 Å². The van der Waals surface area contributed by atoms with E-state index in [4.69, 9.17) is 0 Å². The highest BCUT2D eigenvalue weighted by atomic mass is 16.3. The van der Waals surface area contributed by atoms with Crippen LogP contribution in [0.2, 0.25) is 0 Å². The van der Waals surface area contributed by atoms with E-state index in [1.807, 2.05) is 23.1 Å². The highest BCUT2D eigenvalue weighted by Crippen LogP contribution is 2.23. The zero-order valence-corrected chi connectivity index (χ0v) is 13.7. The Bertz CT molecular complexity index is 677. The lowest BCUT2D eigenvalue weighted by Gasteiger charge is -2.24. The molecule has 3 rings (SSSR count). The summed E-state index contributed by atoms with van der Waals surface area (Å²) in [6.07, 6.45) is 7.78. The number of hydrogen-bond donors (Lipinski definition) is 0. The lowest BCUT2D eigenvalue weighted by Crippen LogP contribution is -2.35. The molecule has 1 aliphatic rings. The molecule has 0 bridgehead atoms. The van der Waals surface area contributed by atoms with Crippen molar-refractivity contribution >= 4 is 11.7 Å². The molecule has 0 radical (unpaired) electrons. The molecule has 126 valence electrons. The minimum atomic E-state index is -0.310. The van der Waals surface area contributed by atoms with E-state index in [0.717, 1.165) is 45.2 Å². The van der Waals surface area contributed by atoms with Crippen molar-refractivity contribution in [3.63, 3.8) is 0 Å². The van der Waals surface area contributed by atoms with Crippen LogP contribution in [0.15, 0.2) is 48.0 Å². The van der Waals surface area contributed by atoms with Crippen LogP contribution in [0, 0.1) is 4.91 Å². The van der Waals surface area contributed by atoms with E-state index in [1.165, 1.54) is 11.9 Å². The molecule has 1 atom stereocenters. The molecule has 0 N–H and O–H groups in total. The molecule has 6 heteroatoms. The molecule has 1 aromatic carbocycles. The van der Waals surface area contributed by atoms with Gasteiger partial charge in [0.15, 0.2) is 0 Å². The van der Waals surface area contributed by atoms with E-state index in [1.54, 1.807) is 10.8 Å². The number of carbonyl (C=O) groups excluding carboxylic acids is 1. The van der Waals surface area contributed by atoms with Crippen LogP contribution in [0.3, 0.4) is 0 Å². The Morgan fingerprint density at radius 2 is 1.96 bits per heavy atom. The van der Waals surface area contributed by atoms with Gasteiger partial charge in [-0.1, -0.05) is 30.3 Å². The van der Waals surface area contributed by atoms with Gasteiger partial charge in [0.05, 0.1) is 12.5 Å². The number of amides is 1. The lowest BCUT2D eigenvalue weighted by molar-refractivity contribution is -0.133. The van der Waals surface area contributed by atoms with Crippen LogP contribution in [0.5, 0.6) is 0 Å². The minimum absolute atomic E-state index is 0.121. The van der Waals surface area contributed by atoms with Gasteiger partial charge >= 0.3 is 0 Å². The molecular formula is C18H22N4O2. The smallest absolute Gasteiger partial charge is 0.245 e. The second-order valence-electron chi connectivity index (χ2n) is 6.20. The molecule has 0 aliphatic carbocycles. The first-order valence-corrected chi connectivity index (χ1v) is 8.47. The molecule has 1 aromatic heterocycles. The van der Waals surface area contributed by atoms with E-state index in [9.17, 15) is 9.70 Å². The fraction of sp³-hybridized carbons (Fsp3) is 0.444. The van der Waals surface area contributed by atoms with E-state index in [0.29, 0.717) is 0 Å². The van der Waals surface area contributed by atoms with Gasteiger partial charge in [-0.25, -0.2) is 4.98 Å². The van der Waals surface area contributed by atoms with Crippen molar-refractivity contribution in [3.8, 4) is 0 Å². The summed E-state index contributed by atoms with van der Waals surface area (Å²) >= 11 is 0. The van der Waals surface area contributed by atoms with Gasteiger partial charge in [0.1, 0.15) is 6.04 Å². The van der Waals surface area contributed by atoms with E-state index in [2.05, 4.69) is 22.3 Å². The number of benzene rings is 1. The molecule has 2 aromatic rings. The van der Waals surface area contributed by atoms with Gasteiger partial charge in [-0.05, 0) is 42.8 Å². The Kier molecular flexibility index (Phi) is 5.36. The van der Waals surface area contributed by atoms with Crippen LogP contribution < -0.4 is 0 Å². The molecular weight excluding hydrogens is 304 g/mol. The third kappa shape index (κ3) is 3.88. The summed E-state index contributed by atoms with van der Waals surface area (Å²) in [6.45, 7) is 1.64. The molecule has 1 unspecified atom stereocenters. The first kappa shape index (κ1) is 16.4. The zero-order valence-electron chi connectivity index (χ0n) is 13.7. The first-order valence-electron chi connectivity index (χ1n) is 8.47. The van der Waals surface area contributed by atoms with Gasteiger partial charge in [0.2, 0.25) is 11.7 Å². The van der Waals surface area contributed by atoms with Crippen molar-refractivity contribution in [2.24, 2.45) is 5.18 Å². The maximum Gasteiger partial charge on any atom is 0.245 e. The van der Waals surface area contributed by atoms with Crippen LogP contribution in [-0.2, 0) is 11.2 Å². The molecule has 1 aliphatic heterocycles. The standard InChI is InChI=1S/C18H22N4O2/c23-18(21-11-4-5-12-21)16(22-13-17(20-24)19-14-22)10-6-9-15-7-2-1-3-8-15/h1-3,7-8,13-14,16H,4-6,9-12H2. The number of hydrogen-bond acceptors (Lipinski definition) is 4. The maximum atomic E-state index is 12.9. The Labute approximate surface area is 141 Å². The summed E-state index contributed by atoms with van der Waals surface area (Å²) in [5.41, 5.74) is 1.27. The molecule has 1 fully saturated rings. The summed E-state index contributed by atoms with van der Waals surface area (Å²) in [4.78, 5) is 29.4. The summed E-state index contributed by atoms with van der Waals surface area (Å²) in [7, 11) is 0. The van der Waals surface area contributed by atoms with Crippen molar-refractivity contribution < 1.29 is 4.79 Å². The molecule has 24 heavy (non-hydrogen) atoms. The van der Waals surface area contributed by atoms with Crippen molar-refractivity contribution in [1.29, 1.82) is 0 Å². The van der Waals surface area contributed by atoms with Crippen LogP contribution in [-0.4, -0.2) is 33.4 Å². The second kappa shape index (κ2) is 7.86. The fourth-order valence-electron chi connectivity index (χ4n) is 3.24. The molecule has 2 heterocycles. The number of likely N-dealkylation sites (tertiary alicyclic amines) is 1. The number of rotatable bonds is 7. The topological polar surface area (TPSA) is 67.6 Å². The second-order valence-corrected chi connectivity index (χ2v) is 6.20. The summed E-state index contributed by atoms with van der Waals surface area (Å²) < 4.78 is 1.74. The van der Waals surface area contributed by atoms with Crippen molar-refractivity contribution in [3.05, 3.63) is 53.3 Å². The van der Waals surface area contributed by atoms with Gasteiger partial charge in [-0.15, -0.1) is 4.91 Å². The first-order chi connectivity index (χ1) is 11.8. The zero-order chi connectivity index (χ0) is 16.8. The Balaban J connectivity index is 1.69. The summed E-state index contributed by atoms with van der Waals surface area (Å²) in [6, 6.07) is 9.95. The highest BCUT2D eigenvalue weighted by Gasteiger charge is 2.27. The Morgan fingerprint density at radius 1 is 1.21 bits per heavy atom. The SMILES string of the molecule is O=Nc1cn(C(CCCc2ccccc2)C(=O)N2CCCC2)cn1. The van der Waals surface area contributed by atoms with Crippen LogP contribution >= 0.6 is 0 Å². The van der Waals surface area contributed by atoms with Gasteiger partial charge < -0.3 is 9.47 Å². The number of nitroso groups, excluding NO2 is 1. The number of aromatic nitrogens is 2. The molecule has 0 spiro atoms. The van der Waals surface area contributed by atoms with E-state index < -0.39 is 0 Å². The monoisotopic (exact) mass is 326 g/mol. The van der Waals surface area contributed by atoms with Gasteiger partial charge in [0, 0.05) is 13.1 Å². The lowest BCUT2D eigenvalue weighted by atomic mass is 10.0. The van der Waals surface area contributed by atoms with E-state index in [-0.39, 0.29) is 17.8 Å². The summed E-state index contributed by atoms with van der Waals surface area (Å²) in [5.74, 6) is 0.243. The maximum absolute atomic E-state index is 12.9. The highest BCUT2D eigenvalue weighted by molar-refractivity contribution is 5.80. The van der Waals surface area contributed by atoms with Crippen molar-refractivity contribution in [2.45, 2.75) is 38.1 Å². The third-order valence-electron chi connectivity index (χ3n) is 4.53. The molecule has 6 nitrogen and oxygen atoms in total. The number of nitrogens with zero attached hydrogens (tertiary/aromatic N) is 4. The Hall–Kier alpha value is -2.50. The summed E-state index contributed by atoms with van der Waals surface area (Å²) in [5, 5.41) is 2.85.